The van der Waals surface area contributed by atoms with Crippen molar-refractivity contribution in [1.82, 2.24) is 0 Å². The number of ether oxygens (including phenoxy) is 1. The van der Waals surface area contributed by atoms with E-state index in [9.17, 15) is 19.7 Å². The van der Waals surface area contributed by atoms with Crippen molar-refractivity contribution in [3.05, 3.63) is 81.0 Å². The van der Waals surface area contributed by atoms with E-state index in [1.54, 1.807) is 17.0 Å². The number of esters is 1. The minimum Gasteiger partial charge on any atom is -0.456 e. The molecular weight excluding hydrogens is 348 g/mol. The number of amides is 1. The van der Waals surface area contributed by atoms with Gasteiger partial charge in [0.1, 0.15) is 6.61 Å². The molecule has 136 valence electrons. The van der Waals surface area contributed by atoms with E-state index in [0.717, 1.165) is 5.56 Å². The standard InChI is InChI=1S/C20H16N2O5/c1-12-2-6-14(7-3-12)21-17-11-27-20(24)19(17)16(10-18(21)23)13-4-8-15(9-5-13)22(25)26/h2-9,16H,10-11H2,1H3/t16-/m1/s1. The number of cyclic esters (lactones) is 1. The highest BCUT2D eigenvalue weighted by Gasteiger charge is 2.42. The number of rotatable bonds is 3. The molecule has 2 aliphatic rings. The lowest BCUT2D eigenvalue weighted by molar-refractivity contribution is -0.384. The molecule has 0 unspecified atom stereocenters. The molecule has 2 aliphatic heterocycles. The predicted molar refractivity (Wildman–Crippen MR) is 97.1 cm³/mol. The van der Waals surface area contributed by atoms with Crippen LogP contribution in [-0.2, 0) is 14.3 Å². The summed E-state index contributed by atoms with van der Waals surface area (Å²) in [5.74, 6) is -1.05. The molecule has 0 fully saturated rings. The Bertz CT molecular complexity index is 976. The van der Waals surface area contributed by atoms with Crippen LogP contribution in [0.25, 0.3) is 0 Å². The van der Waals surface area contributed by atoms with E-state index < -0.39 is 16.8 Å². The number of nitro groups is 1. The Morgan fingerprint density at radius 1 is 1.07 bits per heavy atom. The van der Waals surface area contributed by atoms with Gasteiger partial charge in [-0.3, -0.25) is 19.8 Å². The highest BCUT2D eigenvalue weighted by Crippen LogP contribution is 2.42. The molecule has 2 heterocycles. The second kappa shape index (κ2) is 6.35. The summed E-state index contributed by atoms with van der Waals surface area (Å²) in [6.07, 6.45) is 0.0968. The molecule has 2 aromatic rings. The lowest BCUT2D eigenvalue weighted by Crippen LogP contribution is -2.37. The molecule has 27 heavy (non-hydrogen) atoms. The highest BCUT2D eigenvalue weighted by molar-refractivity contribution is 6.06. The van der Waals surface area contributed by atoms with E-state index in [4.69, 9.17) is 4.74 Å². The van der Waals surface area contributed by atoms with Crippen LogP contribution < -0.4 is 4.90 Å². The normalized spacial score (nSPS) is 19.1. The molecule has 7 heteroatoms. The second-order valence-corrected chi connectivity index (χ2v) is 6.61. The molecule has 0 N–H and O–H groups in total. The summed E-state index contributed by atoms with van der Waals surface area (Å²) in [6, 6.07) is 13.4. The summed E-state index contributed by atoms with van der Waals surface area (Å²) < 4.78 is 5.22. The monoisotopic (exact) mass is 364 g/mol. The van der Waals surface area contributed by atoms with Gasteiger partial charge in [0.25, 0.3) is 5.69 Å². The van der Waals surface area contributed by atoms with Crippen LogP contribution in [0.5, 0.6) is 0 Å². The minimum absolute atomic E-state index is 0.0367. The Balaban J connectivity index is 1.77. The highest BCUT2D eigenvalue weighted by atomic mass is 16.6. The molecule has 1 amide bonds. The van der Waals surface area contributed by atoms with Crippen molar-refractivity contribution in [3.8, 4) is 0 Å². The summed E-state index contributed by atoms with van der Waals surface area (Å²) in [6.45, 7) is 2.00. The number of anilines is 1. The summed E-state index contributed by atoms with van der Waals surface area (Å²) in [5, 5.41) is 10.9. The third-order valence-corrected chi connectivity index (χ3v) is 4.92. The first-order chi connectivity index (χ1) is 13.0. The largest absolute Gasteiger partial charge is 0.456 e. The number of aryl methyl sites for hydroxylation is 1. The SMILES string of the molecule is Cc1ccc(N2C(=O)C[C@H](c3ccc([N+](=O)[O-])cc3)C3=C2COC3=O)cc1. The zero-order valence-electron chi connectivity index (χ0n) is 14.5. The number of carbonyl (C=O) groups excluding carboxylic acids is 2. The van der Waals surface area contributed by atoms with Gasteiger partial charge >= 0.3 is 5.97 Å². The Morgan fingerprint density at radius 2 is 1.74 bits per heavy atom. The molecule has 0 aromatic heterocycles. The lowest BCUT2D eigenvalue weighted by atomic mass is 9.84. The molecule has 7 nitrogen and oxygen atoms in total. The van der Waals surface area contributed by atoms with Crippen LogP contribution in [0.15, 0.2) is 59.8 Å². The number of hydrogen-bond acceptors (Lipinski definition) is 5. The van der Waals surface area contributed by atoms with E-state index in [1.807, 2.05) is 31.2 Å². The molecule has 0 spiro atoms. The first-order valence-electron chi connectivity index (χ1n) is 8.50. The summed E-state index contributed by atoms with van der Waals surface area (Å²) in [7, 11) is 0. The van der Waals surface area contributed by atoms with Crippen LogP contribution in [0.1, 0.15) is 23.5 Å². The van der Waals surface area contributed by atoms with Crippen LogP contribution in [0, 0.1) is 17.0 Å². The van der Waals surface area contributed by atoms with Crippen molar-refractivity contribution >= 4 is 23.3 Å². The van der Waals surface area contributed by atoms with E-state index in [0.29, 0.717) is 22.5 Å². The van der Waals surface area contributed by atoms with Gasteiger partial charge in [0.15, 0.2) is 0 Å². The summed E-state index contributed by atoms with van der Waals surface area (Å²) in [5.41, 5.74) is 3.40. The average Bonchev–Trinajstić information content (AvgIpc) is 3.04. The maximum atomic E-state index is 12.9. The molecule has 0 radical (unpaired) electrons. The van der Waals surface area contributed by atoms with Gasteiger partial charge in [-0.05, 0) is 24.6 Å². The van der Waals surface area contributed by atoms with Crippen molar-refractivity contribution < 1.29 is 19.2 Å². The minimum atomic E-state index is -0.483. The zero-order chi connectivity index (χ0) is 19.1. The number of benzene rings is 2. The van der Waals surface area contributed by atoms with Crippen molar-refractivity contribution in [2.24, 2.45) is 0 Å². The predicted octanol–water partition coefficient (Wildman–Crippen LogP) is 3.23. The third kappa shape index (κ3) is 2.87. The Hall–Kier alpha value is -3.48. The van der Waals surface area contributed by atoms with Gasteiger partial charge in [-0.1, -0.05) is 29.8 Å². The van der Waals surface area contributed by atoms with Crippen molar-refractivity contribution in [1.29, 1.82) is 0 Å². The molecule has 0 aliphatic carbocycles. The zero-order valence-corrected chi connectivity index (χ0v) is 14.5. The number of nitro benzene ring substituents is 1. The van der Waals surface area contributed by atoms with Crippen molar-refractivity contribution in [2.75, 3.05) is 11.5 Å². The van der Waals surface area contributed by atoms with E-state index in [-0.39, 0.29) is 24.6 Å². The van der Waals surface area contributed by atoms with Gasteiger partial charge < -0.3 is 4.74 Å². The van der Waals surface area contributed by atoms with Gasteiger partial charge in [-0.25, -0.2) is 4.79 Å². The Kier molecular flexibility index (Phi) is 3.99. The summed E-state index contributed by atoms with van der Waals surface area (Å²) >= 11 is 0. The van der Waals surface area contributed by atoms with Crippen molar-refractivity contribution in [3.63, 3.8) is 0 Å². The molecule has 4 rings (SSSR count). The number of nitrogens with zero attached hydrogens (tertiary/aromatic N) is 2. The van der Waals surface area contributed by atoms with Gasteiger partial charge in [0.2, 0.25) is 5.91 Å². The third-order valence-electron chi connectivity index (χ3n) is 4.92. The van der Waals surface area contributed by atoms with Gasteiger partial charge in [-0.2, -0.15) is 0 Å². The second-order valence-electron chi connectivity index (χ2n) is 6.61. The fourth-order valence-corrected chi connectivity index (χ4v) is 3.56. The van der Waals surface area contributed by atoms with Crippen LogP contribution in [0.4, 0.5) is 11.4 Å². The van der Waals surface area contributed by atoms with E-state index >= 15 is 0 Å². The Labute approximate surface area is 155 Å². The first-order valence-corrected chi connectivity index (χ1v) is 8.50. The van der Waals surface area contributed by atoms with Crippen molar-refractivity contribution in [2.45, 2.75) is 19.3 Å². The smallest absolute Gasteiger partial charge is 0.336 e. The fourth-order valence-electron chi connectivity index (χ4n) is 3.56. The van der Waals surface area contributed by atoms with E-state index in [1.165, 1.54) is 12.1 Å². The lowest BCUT2D eigenvalue weighted by Gasteiger charge is -2.31. The van der Waals surface area contributed by atoms with Crippen LogP contribution in [0.3, 0.4) is 0 Å². The molecule has 0 saturated carbocycles. The topological polar surface area (TPSA) is 89.8 Å². The summed E-state index contributed by atoms with van der Waals surface area (Å²) in [4.78, 5) is 37.2. The quantitative estimate of drug-likeness (QED) is 0.474. The maximum absolute atomic E-state index is 12.9. The Morgan fingerprint density at radius 3 is 2.37 bits per heavy atom. The average molecular weight is 364 g/mol. The van der Waals surface area contributed by atoms with Gasteiger partial charge in [0, 0.05) is 30.2 Å². The van der Waals surface area contributed by atoms with Crippen LogP contribution in [0.2, 0.25) is 0 Å². The number of carbonyl (C=O) groups is 2. The van der Waals surface area contributed by atoms with Crippen LogP contribution in [-0.4, -0.2) is 23.4 Å². The molecule has 2 aromatic carbocycles. The number of hydrogen-bond donors (Lipinski definition) is 0. The van der Waals surface area contributed by atoms with E-state index in [2.05, 4.69) is 0 Å². The molecular formula is C20H16N2O5. The first kappa shape index (κ1) is 17.0. The van der Waals surface area contributed by atoms with Crippen LogP contribution >= 0.6 is 0 Å². The molecule has 0 bridgehead atoms. The maximum Gasteiger partial charge on any atom is 0.336 e. The molecule has 0 saturated heterocycles. The number of non-ortho nitro benzene ring substituents is 1. The van der Waals surface area contributed by atoms with Gasteiger partial charge in [-0.15, -0.1) is 0 Å². The van der Waals surface area contributed by atoms with Gasteiger partial charge in [0.05, 0.1) is 16.2 Å². The molecule has 1 atom stereocenters. The fraction of sp³-hybridized carbons (Fsp3) is 0.200.